The van der Waals surface area contributed by atoms with Crippen LogP contribution in [0.15, 0.2) is 60.7 Å². The fourth-order valence-electron chi connectivity index (χ4n) is 6.09. The Kier molecular flexibility index (Phi) is 25.1. The number of carboxylic acid groups (broad SMARTS) is 2. The molecular weight excluding hydrogens is 1010 g/mol. The largest absolute Gasteiger partial charge is 0 e. The number of nitrogens with zero attached hydrogens (tertiary/aromatic N) is 6. The minimum Gasteiger partial charge on any atom is 0 e. The smallest absolute Gasteiger partial charge is 0 e. The number of sulfonamides is 2. The Morgan fingerprint density at radius 2 is 0.897 bits per heavy atom. The summed E-state index contributed by atoms with van der Waals surface area (Å²) in [4.78, 5) is 39.1. The van der Waals surface area contributed by atoms with Crippen molar-refractivity contribution in [1.29, 1.82) is 0 Å². The van der Waals surface area contributed by atoms with Crippen molar-refractivity contribution in [3.63, 3.8) is 0 Å². The summed E-state index contributed by atoms with van der Waals surface area (Å²) in [6, 6.07) is 11.0. The molecule has 0 aliphatic carbocycles. The van der Waals surface area contributed by atoms with Gasteiger partial charge in [-0.15, -0.1) is 0 Å². The van der Waals surface area contributed by atoms with Gasteiger partial charge in [0.1, 0.15) is 11.6 Å². The second-order valence-electron chi connectivity index (χ2n) is 16.0. The Labute approximate surface area is 437 Å². The molecule has 0 bridgehead atoms. The molecule has 18 nitrogen and oxygen atoms in total. The SMILES string of the molecule is CC(C)c1nc(N(C)S(C)(=O)=O)nc(-c2ccc(F)cc2)c1C=C[C@@H](O)C[C@@H](O)CC(=O)O.CC(C)c1nc(N(C)S(C)(=O)=O)nc(-c2ccc(F)cc2)c1C=C[C@@H](O)C[C@@H](O)CC(=O)O.[CaH2].[Zn]. The van der Waals surface area contributed by atoms with Crippen LogP contribution in [0.2, 0.25) is 0 Å². The fourth-order valence-corrected chi connectivity index (χ4v) is 6.85. The van der Waals surface area contributed by atoms with E-state index in [1.165, 1.54) is 86.9 Å². The van der Waals surface area contributed by atoms with Gasteiger partial charge in [-0.05, 0) is 60.4 Å². The van der Waals surface area contributed by atoms with Crippen LogP contribution < -0.4 is 8.61 Å². The van der Waals surface area contributed by atoms with E-state index in [2.05, 4.69) is 19.9 Å². The number of carbonyl (C=O) groups is 2. The number of benzene rings is 2. The minimum absolute atomic E-state index is 0. The number of aliphatic carboxylic acids is 2. The predicted octanol–water partition coefficient (Wildman–Crippen LogP) is 3.88. The molecule has 0 spiro atoms. The molecule has 2 aromatic heterocycles. The third-order valence-electron chi connectivity index (χ3n) is 9.63. The number of hydrogen-bond donors (Lipinski definition) is 6. The van der Waals surface area contributed by atoms with Crippen LogP contribution in [-0.2, 0) is 49.1 Å². The summed E-state index contributed by atoms with van der Waals surface area (Å²) in [6.07, 6.45) is 1.72. The molecule has 366 valence electrons. The molecule has 2 heterocycles. The first-order valence-corrected chi connectivity index (χ1v) is 24.0. The monoisotopic (exact) mass is 1070 g/mol. The van der Waals surface area contributed by atoms with Gasteiger partial charge in [-0.1, -0.05) is 52.0 Å². The van der Waals surface area contributed by atoms with Crippen LogP contribution >= 0.6 is 0 Å². The van der Waals surface area contributed by atoms with E-state index in [4.69, 9.17) is 10.2 Å². The van der Waals surface area contributed by atoms with Crippen molar-refractivity contribution in [3.8, 4) is 22.5 Å². The van der Waals surface area contributed by atoms with Gasteiger partial charge in [-0.2, -0.15) is 0 Å². The average Bonchev–Trinajstić information content (AvgIpc) is 3.20. The van der Waals surface area contributed by atoms with E-state index >= 15 is 0 Å². The number of halogens is 2. The summed E-state index contributed by atoms with van der Waals surface area (Å²) >= 11 is 0. The van der Waals surface area contributed by atoms with Crippen molar-refractivity contribution >= 4 is 93.8 Å². The molecule has 0 saturated heterocycles. The number of carboxylic acids is 2. The van der Waals surface area contributed by atoms with Gasteiger partial charge < -0.3 is 30.6 Å². The van der Waals surface area contributed by atoms with Crippen LogP contribution in [0.5, 0.6) is 0 Å². The average molecular weight is 1070 g/mol. The molecule has 0 unspecified atom stereocenters. The summed E-state index contributed by atoms with van der Waals surface area (Å²) in [5.41, 5.74) is 3.60. The Morgan fingerprint density at radius 3 is 1.15 bits per heavy atom. The Balaban J connectivity index is 0.000000661. The van der Waals surface area contributed by atoms with E-state index in [1.807, 2.05) is 27.7 Å². The van der Waals surface area contributed by atoms with Crippen LogP contribution in [0.4, 0.5) is 20.7 Å². The van der Waals surface area contributed by atoms with Crippen molar-refractivity contribution in [2.45, 2.75) is 89.6 Å². The van der Waals surface area contributed by atoms with Gasteiger partial charge in [0.25, 0.3) is 0 Å². The number of anilines is 2. The maximum Gasteiger partial charge on any atom is 0 e. The summed E-state index contributed by atoms with van der Waals surface area (Å²) in [7, 11) is -4.65. The Morgan fingerprint density at radius 1 is 0.603 bits per heavy atom. The third-order valence-corrected chi connectivity index (χ3v) is 11.9. The minimum atomic E-state index is -3.65. The number of hydrogen-bond acceptors (Lipinski definition) is 14. The Bertz CT molecular complexity index is 2430. The first-order chi connectivity index (χ1) is 30.6. The molecule has 68 heavy (non-hydrogen) atoms. The van der Waals surface area contributed by atoms with Crippen LogP contribution in [-0.4, -0.2) is 168 Å². The summed E-state index contributed by atoms with van der Waals surface area (Å²) in [5.74, 6) is -3.74. The van der Waals surface area contributed by atoms with Gasteiger partial charge in [-0.3, -0.25) is 9.59 Å². The maximum atomic E-state index is 13.5. The van der Waals surface area contributed by atoms with Gasteiger partial charge in [0, 0.05) is 68.7 Å². The molecule has 0 aliphatic rings. The fraction of sp³-hybridized carbons (Fsp3) is 0.409. The number of aliphatic hydroxyl groups excluding tert-OH is 4. The quantitative estimate of drug-likeness (QED) is 0.0685. The third kappa shape index (κ3) is 19.1. The molecule has 0 fully saturated rings. The van der Waals surface area contributed by atoms with Crippen molar-refractivity contribution in [2.75, 3.05) is 35.2 Å². The van der Waals surface area contributed by atoms with Crippen molar-refractivity contribution in [3.05, 3.63) is 94.8 Å². The summed E-state index contributed by atoms with van der Waals surface area (Å²) < 4.78 is 77.2. The van der Waals surface area contributed by atoms with E-state index in [0.29, 0.717) is 45.0 Å². The van der Waals surface area contributed by atoms with Crippen LogP contribution in [0.3, 0.4) is 0 Å². The van der Waals surface area contributed by atoms with Gasteiger partial charge in [0.15, 0.2) is 0 Å². The van der Waals surface area contributed by atoms with Crippen molar-refractivity contribution in [2.24, 2.45) is 0 Å². The molecule has 24 heteroatoms. The van der Waals surface area contributed by atoms with Gasteiger partial charge in [-0.25, -0.2) is 54.2 Å². The first kappa shape index (κ1) is 62.1. The molecule has 0 amide bonds. The molecule has 4 atom stereocenters. The van der Waals surface area contributed by atoms with E-state index < -0.39 is 80.9 Å². The first-order valence-electron chi connectivity index (χ1n) is 20.3. The van der Waals surface area contributed by atoms with Crippen molar-refractivity contribution in [1.82, 2.24) is 19.9 Å². The van der Waals surface area contributed by atoms with Gasteiger partial charge >= 0.3 is 49.7 Å². The second-order valence-corrected chi connectivity index (χ2v) is 20.0. The van der Waals surface area contributed by atoms with E-state index in [1.54, 1.807) is 0 Å². The molecule has 0 radical (unpaired) electrons. The number of aliphatic hydroxyl groups is 4. The molecule has 0 aliphatic heterocycles. The molecule has 6 N–H and O–H groups in total. The summed E-state index contributed by atoms with van der Waals surface area (Å²) in [5, 5.41) is 57.6. The molecule has 4 aromatic rings. The van der Waals surface area contributed by atoms with Crippen molar-refractivity contribution < 1.29 is 85.3 Å². The van der Waals surface area contributed by atoms with Gasteiger partial charge in [0.2, 0.25) is 31.9 Å². The van der Waals surface area contributed by atoms with E-state index in [-0.39, 0.29) is 93.8 Å². The standard InChI is InChI=1S/2C22H28FN3O6S.Ca.Zn.2H/c2*1-13(2)20-18(10-9-16(27)11-17(28)12-19(29)30)21(14-5-7-15(23)8-6-14)25-22(24-20)26(3)33(4,31)32;;;;/h2*5-10,13,16-17,27-28H,11-12H2,1-4H3,(H,29,30);;;;/t2*16-,17-;;;;/m11..../s1. The summed E-state index contributed by atoms with van der Waals surface area (Å²) in [6.45, 7) is 7.41. The van der Waals surface area contributed by atoms with E-state index in [9.17, 15) is 55.6 Å². The number of aromatic nitrogens is 4. The van der Waals surface area contributed by atoms with Crippen LogP contribution in [0.25, 0.3) is 34.7 Å². The molecule has 2 aromatic carbocycles. The Hall–Kier alpha value is -3.90. The molecular formula is C44H58CaF2N6O12S2Zn. The normalized spacial score (nSPS) is 13.5. The topological polar surface area (TPSA) is 282 Å². The van der Waals surface area contributed by atoms with Crippen LogP contribution in [0.1, 0.15) is 87.7 Å². The van der Waals surface area contributed by atoms with E-state index in [0.717, 1.165) is 21.1 Å². The maximum absolute atomic E-state index is 13.5. The van der Waals surface area contributed by atoms with Crippen LogP contribution in [0, 0.1) is 11.6 Å². The number of rotatable bonds is 20. The second kappa shape index (κ2) is 27.5. The van der Waals surface area contributed by atoms with Gasteiger partial charge in [0.05, 0.1) is 72.5 Å². The zero-order valence-electron chi connectivity index (χ0n) is 38.3. The molecule has 0 saturated carbocycles. The zero-order chi connectivity index (χ0) is 49.8. The molecule has 4 rings (SSSR count). The zero-order valence-corrected chi connectivity index (χ0v) is 42.9. The predicted molar refractivity (Wildman–Crippen MR) is 254 cm³/mol.